The Bertz CT molecular complexity index is 461. The van der Waals surface area contributed by atoms with Crippen molar-refractivity contribution in [1.29, 1.82) is 0 Å². The second-order valence-corrected chi connectivity index (χ2v) is 5.27. The zero-order chi connectivity index (χ0) is 13.8. The fourth-order valence-corrected chi connectivity index (χ4v) is 2.85. The summed E-state index contributed by atoms with van der Waals surface area (Å²) in [5.74, 6) is -0.376. The number of carbonyl (C=O) groups excluding carboxylic acids is 1. The molecule has 4 heteroatoms. The molecule has 104 valence electrons. The maximum atomic E-state index is 13.7. The molecule has 1 saturated carbocycles. The van der Waals surface area contributed by atoms with Crippen molar-refractivity contribution < 1.29 is 9.18 Å². The molecule has 2 unspecified atom stereocenters. The molecule has 1 aliphatic carbocycles. The van der Waals surface area contributed by atoms with Gasteiger partial charge in [-0.15, -0.1) is 0 Å². The third-order valence-electron chi connectivity index (χ3n) is 3.99. The number of hydrogen-bond donors (Lipinski definition) is 2. The summed E-state index contributed by atoms with van der Waals surface area (Å²) in [7, 11) is 0. The van der Waals surface area contributed by atoms with Crippen LogP contribution in [-0.2, 0) is 0 Å². The molecule has 1 amide bonds. The Morgan fingerprint density at radius 3 is 2.84 bits per heavy atom. The van der Waals surface area contributed by atoms with Crippen LogP contribution in [0.2, 0.25) is 0 Å². The van der Waals surface area contributed by atoms with E-state index in [-0.39, 0.29) is 17.5 Å². The zero-order valence-corrected chi connectivity index (χ0v) is 11.3. The number of nitrogens with two attached hydrogens (primary N) is 1. The largest absolute Gasteiger partial charge is 0.399 e. The van der Waals surface area contributed by atoms with Crippen LogP contribution in [0.3, 0.4) is 0 Å². The molecule has 19 heavy (non-hydrogen) atoms. The van der Waals surface area contributed by atoms with Gasteiger partial charge in [0.05, 0.1) is 5.56 Å². The van der Waals surface area contributed by atoms with Gasteiger partial charge in [-0.2, -0.15) is 0 Å². The van der Waals surface area contributed by atoms with E-state index in [2.05, 4.69) is 12.2 Å². The number of hydrogen-bond acceptors (Lipinski definition) is 2. The lowest BCUT2D eigenvalue weighted by Crippen LogP contribution is -2.42. The number of anilines is 1. The molecule has 0 heterocycles. The summed E-state index contributed by atoms with van der Waals surface area (Å²) < 4.78 is 13.7. The van der Waals surface area contributed by atoms with Crippen LogP contribution in [0.15, 0.2) is 18.2 Å². The van der Waals surface area contributed by atoms with Crippen LogP contribution in [0.4, 0.5) is 10.1 Å². The normalized spacial score (nSPS) is 23.1. The molecule has 0 aliphatic heterocycles. The molecule has 0 spiro atoms. The predicted octanol–water partition coefficient (Wildman–Crippen LogP) is 3.11. The first-order valence-corrected chi connectivity index (χ1v) is 6.97. The smallest absolute Gasteiger partial charge is 0.254 e. The Kier molecular flexibility index (Phi) is 4.40. The Labute approximate surface area is 113 Å². The standard InChI is InChI=1S/C15H21FN2O/c1-2-10-5-3-4-6-14(10)18-15(19)12-8-7-11(17)9-13(12)16/h7-10,14H,2-6,17H2,1H3,(H,18,19). The van der Waals surface area contributed by atoms with Crippen molar-refractivity contribution in [2.45, 2.75) is 45.1 Å². The van der Waals surface area contributed by atoms with Crippen molar-refractivity contribution in [3.63, 3.8) is 0 Å². The molecule has 1 fully saturated rings. The molecule has 2 atom stereocenters. The highest BCUT2D eigenvalue weighted by atomic mass is 19.1. The zero-order valence-electron chi connectivity index (χ0n) is 11.3. The van der Waals surface area contributed by atoms with Gasteiger partial charge in [-0.3, -0.25) is 4.79 Å². The van der Waals surface area contributed by atoms with E-state index in [0.29, 0.717) is 11.6 Å². The van der Waals surface area contributed by atoms with Gasteiger partial charge in [0.1, 0.15) is 5.82 Å². The summed E-state index contributed by atoms with van der Waals surface area (Å²) in [4.78, 5) is 12.1. The van der Waals surface area contributed by atoms with Gasteiger partial charge in [-0.25, -0.2) is 4.39 Å². The van der Waals surface area contributed by atoms with Crippen LogP contribution >= 0.6 is 0 Å². The summed E-state index contributed by atoms with van der Waals surface area (Å²) in [6.45, 7) is 2.14. The van der Waals surface area contributed by atoms with E-state index in [1.165, 1.54) is 18.6 Å². The summed E-state index contributed by atoms with van der Waals surface area (Å²) >= 11 is 0. The molecule has 0 saturated heterocycles. The molecular weight excluding hydrogens is 243 g/mol. The van der Waals surface area contributed by atoms with Crippen LogP contribution in [0.25, 0.3) is 0 Å². The summed E-state index contributed by atoms with van der Waals surface area (Å²) in [5, 5.41) is 2.98. The summed E-state index contributed by atoms with van der Waals surface area (Å²) in [6.07, 6.45) is 5.54. The van der Waals surface area contributed by atoms with Crippen molar-refractivity contribution in [2.75, 3.05) is 5.73 Å². The molecule has 0 aromatic heterocycles. The number of nitrogen functional groups attached to an aromatic ring is 1. The van der Waals surface area contributed by atoms with Crippen molar-refractivity contribution in [3.8, 4) is 0 Å². The first-order valence-electron chi connectivity index (χ1n) is 6.97. The molecular formula is C15H21FN2O. The van der Waals surface area contributed by atoms with Gasteiger partial charge in [-0.1, -0.05) is 26.2 Å². The quantitative estimate of drug-likeness (QED) is 0.824. The lowest BCUT2D eigenvalue weighted by molar-refractivity contribution is 0.0900. The molecule has 3 N–H and O–H groups in total. The number of rotatable bonds is 3. The molecule has 1 aromatic carbocycles. The number of nitrogens with one attached hydrogen (secondary N) is 1. The molecule has 3 nitrogen and oxygen atoms in total. The Balaban J connectivity index is 2.07. The Morgan fingerprint density at radius 1 is 1.42 bits per heavy atom. The monoisotopic (exact) mass is 264 g/mol. The topological polar surface area (TPSA) is 55.1 Å². The lowest BCUT2D eigenvalue weighted by atomic mass is 9.83. The second-order valence-electron chi connectivity index (χ2n) is 5.27. The average molecular weight is 264 g/mol. The first-order chi connectivity index (χ1) is 9.11. The maximum Gasteiger partial charge on any atom is 0.254 e. The average Bonchev–Trinajstić information content (AvgIpc) is 2.39. The fraction of sp³-hybridized carbons (Fsp3) is 0.533. The van der Waals surface area contributed by atoms with Crippen LogP contribution in [-0.4, -0.2) is 11.9 Å². The van der Waals surface area contributed by atoms with Crippen molar-refractivity contribution in [2.24, 2.45) is 5.92 Å². The third kappa shape index (κ3) is 3.25. The molecule has 0 radical (unpaired) electrons. The first kappa shape index (κ1) is 13.8. The number of amides is 1. The van der Waals surface area contributed by atoms with Crippen LogP contribution in [0.5, 0.6) is 0 Å². The Hall–Kier alpha value is -1.58. The fourth-order valence-electron chi connectivity index (χ4n) is 2.85. The highest BCUT2D eigenvalue weighted by Gasteiger charge is 2.26. The van der Waals surface area contributed by atoms with Crippen LogP contribution in [0.1, 0.15) is 49.4 Å². The van der Waals surface area contributed by atoms with Gasteiger partial charge in [0.25, 0.3) is 5.91 Å². The number of carbonyl (C=O) groups is 1. The number of benzene rings is 1. The number of halogens is 1. The van der Waals surface area contributed by atoms with Gasteiger partial charge in [0.2, 0.25) is 0 Å². The van der Waals surface area contributed by atoms with E-state index in [1.807, 2.05) is 0 Å². The van der Waals surface area contributed by atoms with Gasteiger partial charge in [0.15, 0.2) is 0 Å². The highest BCUT2D eigenvalue weighted by Crippen LogP contribution is 2.27. The molecule has 1 aliphatic rings. The van der Waals surface area contributed by atoms with E-state index in [0.717, 1.165) is 25.7 Å². The van der Waals surface area contributed by atoms with Crippen LogP contribution < -0.4 is 11.1 Å². The Morgan fingerprint density at radius 2 is 2.16 bits per heavy atom. The van der Waals surface area contributed by atoms with E-state index >= 15 is 0 Å². The minimum atomic E-state index is -0.554. The lowest BCUT2D eigenvalue weighted by Gasteiger charge is -2.31. The van der Waals surface area contributed by atoms with E-state index in [4.69, 9.17) is 5.73 Å². The minimum Gasteiger partial charge on any atom is -0.399 e. The van der Waals surface area contributed by atoms with Crippen molar-refractivity contribution in [3.05, 3.63) is 29.6 Å². The SMILES string of the molecule is CCC1CCCCC1NC(=O)c1ccc(N)cc1F. The third-order valence-corrected chi connectivity index (χ3v) is 3.99. The summed E-state index contributed by atoms with van der Waals surface area (Å²) in [6, 6.07) is 4.36. The molecule has 0 bridgehead atoms. The second kappa shape index (κ2) is 6.04. The maximum absolute atomic E-state index is 13.7. The minimum absolute atomic E-state index is 0.0784. The van der Waals surface area contributed by atoms with E-state index in [9.17, 15) is 9.18 Å². The summed E-state index contributed by atoms with van der Waals surface area (Å²) in [5.41, 5.74) is 5.89. The van der Waals surface area contributed by atoms with Gasteiger partial charge in [0, 0.05) is 11.7 Å². The predicted molar refractivity (Wildman–Crippen MR) is 74.3 cm³/mol. The van der Waals surface area contributed by atoms with Gasteiger partial charge >= 0.3 is 0 Å². The van der Waals surface area contributed by atoms with Crippen molar-refractivity contribution in [1.82, 2.24) is 5.32 Å². The van der Waals surface area contributed by atoms with Crippen molar-refractivity contribution >= 4 is 11.6 Å². The molecule has 1 aromatic rings. The highest BCUT2D eigenvalue weighted by molar-refractivity contribution is 5.95. The van der Waals surface area contributed by atoms with Gasteiger partial charge < -0.3 is 11.1 Å². The molecule has 2 rings (SSSR count). The van der Waals surface area contributed by atoms with Gasteiger partial charge in [-0.05, 0) is 37.0 Å². The van der Waals surface area contributed by atoms with E-state index < -0.39 is 5.82 Å². The van der Waals surface area contributed by atoms with Crippen LogP contribution in [0, 0.1) is 11.7 Å². The van der Waals surface area contributed by atoms with E-state index in [1.54, 1.807) is 6.07 Å².